The molecule has 3 N–H and O–H groups in total. The van der Waals surface area contributed by atoms with Crippen LogP contribution < -0.4 is 9.47 Å². The number of carboxylic acid groups (broad SMARTS) is 3. The molecule has 0 bridgehead atoms. The minimum absolute atomic E-state index is 0.142. The van der Waals surface area contributed by atoms with Crippen molar-refractivity contribution in [2.45, 2.75) is 19.5 Å². The number of hydrogen-bond acceptors (Lipinski definition) is 6. The maximum Gasteiger partial charge on any atom is 0.341 e. The normalized spacial score (nSPS) is 11.6. The maximum absolute atomic E-state index is 11.9. The van der Waals surface area contributed by atoms with Gasteiger partial charge in [-0.25, -0.2) is 9.59 Å². The zero-order valence-electron chi connectivity index (χ0n) is 19.9. The summed E-state index contributed by atoms with van der Waals surface area (Å²) >= 11 is 0. The third kappa shape index (κ3) is 6.83. The van der Waals surface area contributed by atoms with Crippen LogP contribution in [0.25, 0.3) is 0 Å². The van der Waals surface area contributed by atoms with Gasteiger partial charge in [-0.15, -0.1) is 0 Å². The molecule has 0 radical (unpaired) electrons. The number of rotatable bonds is 12. The van der Waals surface area contributed by atoms with Gasteiger partial charge in [0.05, 0.1) is 25.3 Å². The van der Waals surface area contributed by atoms with Crippen molar-refractivity contribution in [3.63, 3.8) is 0 Å². The van der Waals surface area contributed by atoms with Crippen LogP contribution in [0, 0.1) is 6.92 Å². The summed E-state index contributed by atoms with van der Waals surface area (Å²) in [5, 5.41) is 27.8. The molecule has 188 valence electrons. The average Bonchev–Trinajstić information content (AvgIpc) is 2.84. The molecule has 1 atom stereocenters. The Hall–Kier alpha value is -4.37. The van der Waals surface area contributed by atoms with Gasteiger partial charge >= 0.3 is 17.9 Å². The highest BCUT2D eigenvalue weighted by Gasteiger charge is 2.26. The minimum atomic E-state index is -1.09. The largest absolute Gasteiger partial charge is 0.497 e. The van der Waals surface area contributed by atoms with Gasteiger partial charge in [-0.1, -0.05) is 30.3 Å². The summed E-state index contributed by atoms with van der Waals surface area (Å²) in [6, 6.07) is 18.2. The van der Waals surface area contributed by atoms with Crippen LogP contribution in [0.5, 0.6) is 11.5 Å². The van der Waals surface area contributed by atoms with Crippen molar-refractivity contribution >= 4 is 17.9 Å². The molecule has 0 saturated heterocycles. The molecule has 0 aliphatic carbocycles. The molecule has 0 saturated carbocycles. The molecule has 1 unspecified atom stereocenters. The van der Waals surface area contributed by atoms with E-state index in [0.717, 1.165) is 22.3 Å². The smallest absolute Gasteiger partial charge is 0.341 e. The van der Waals surface area contributed by atoms with Crippen LogP contribution >= 0.6 is 0 Å². The van der Waals surface area contributed by atoms with Crippen molar-refractivity contribution < 1.29 is 39.2 Å². The number of ether oxygens (including phenoxy) is 2. The number of carboxylic acids is 3. The summed E-state index contributed by atoms with van der Waals surface area (Å²) in [6.07, 6.45) is 0. The van der Waals surface area contributed by atoms with Gasteiger partial charge in [0.2, 0.25) is 0 Å². The van der Waals surface area contributed by atoms with E-state index in [1.54, 1.807) is 54.5 Å². The van der Waals surface area contributed by atoms with Crippen LogP contribution in [0.3, 0.4) is 0 Å². The predicted octanol–water partition coefficient (Wildman–Crippen LogP) is 3.84. The predicted molar refractivity (Wildman–Crippen MR) is 131 cm³/mol. The number of benzene rings is 3. The molecular weight excluding hydrogens is 466 g/mol. The lowest BCUT2D eigenvalue weighted by atomic mass is 9.92. The maximum atomic E-state index is 11.9. The number of nitrogens with zero attached hydrogens (tertiary/aromatic N) is 1. The van der Waals surface area contributed by atoms with Crippen LogP contribution in [-0.2, 0) is 16.1 Å². The number of carbonyl (C=O) groups is 3. The van der Waals surface area contributed by atoms with Gasteiger partial charge in [-0.05, 0) is 65.6 Å². The van der Waals surface area contributed by atoms with Crippen molar-refractivity contribution in [2.75, 3.05) is 20.3 Å². The molecule has 9 heteroatoms. The van der Waals surface area contributed by atoms with Crippen molar-refractivity contribution in [2.24, 2.45) is 0 Å². The van der Waals surface area contributed by atoms with Gasteiger partial charge in [0.15, 0.2) is 6.61 Å². The molecule has 0 aromatic heterocycles. The first kappa shape index (κ1) is 26.2. The van der Waals surface area contributed by atoms with Gasteiger partial charge < -0.3 is 24.8 Å². The first-order chi connectivity index (χ1) is 17.2. The van der Waals surface area contributed by atoms with E-state index >= 15 is 0 Å². The Morgan fingerprint density at radius 2 is 1.50 bits per heavy atom. The number of hydrogen-bond donors (Lipinski definition) is 3. The highest BCUT2D eigenvalue weighted by molar-refractivity contribution is 5.87. The molecule has 0 aliphatic rings. The Bertz CT molecular complexity index is 1220. The van der Waals surface area contributed by atoms with Gasteiger partial charge in [0.1, 0.15) is 11.5 Å². The Kier molecular flexibility index (Phi) is 8.64. The Labute approximate surface area is 208 Å². The topological polar surface area (TPSA) is 134 Å². The Balaban J connectivity index is 2.04. The second-order valence-corrected chi connectivity index (χ2v) is 8.18. The second-order valence-electron chi connectivity index (χ2n) is 8.18. The first-order valence-corrected chi connectivity index (χ1v) is 11.0. The van der Waals surface area contributed by atoms with Gasteiger partial charge in [-0.2, -0.15) is 0 Å². The highest BCUT2D eigenvalue weighted by atomic mass is 16.5. The molecule has 0 spiro atoms. The summed E-state index contributed by atoms with van der Waals surface area (Å²) in [7, 11) is 1.57. The van der Waals surface area contributed by atoms with Crippen LogP contribution in [0.2, 0.25) is 0 Å². The fourth-order valence-corrected chi connectivity index (χ4v) is 3.96. The molecule has 0 aliphatic heterocycles. The van der Waals surface area contributed by atoms with Gasteiger partial charge in [0, 0.05) is 6.54 Å². The number of aromatic carboxylic acids is 1. The van der Waals surface area contributed by atoms with E-state index in [1.807, 2.05) is 19.1 Å². The van der Waals surface area contributed by atoms with Crippen molar-refractivity contribution in [3.8, 4) is 11.5 Å². The standard InChI is InChI=1S/C27H27NO8/c1-17-13-22(35-2)11-12-23(17)26(19-7-9-21(10-8-19)36-16-25(31)32)28(15-24(29)30)14-18-3-5-20(6-4-18)27(33)34/h3-13,26H,14-16H2,1-2H3,(H,29,30)(H,31,32)(H,33,34). The summed E-state index contributed by atoms with van der Waals surface area (Å²) in [5.74, 6) is -2.11. The van der Waals surface area contributed by atoms with Crippen LogP contribution in [0.4, 0.5) is 0 Å². The van der Waals surface area contributed by atoms with Gasteiger partial charge in [-0.3, -0.25) is 9.69 Å². The highest BCUT2D eigenvalue weighted by Crippen LogP contribution is 2.34. The van der Waals surface area contributed by atoms with Crippen LogP contribution in [-0.4, -0.2) is 58.4 Å². The van der Waals surface area contributed by atoms with Crippen molar-refractivity contribution in [1.29, 1.82) is 0 Å². The molecule has 3 rings (SSSR count). The summed E-state index contributed by atoms with van der Waals surface area (Å²) in [4.78, 5) is 35.7. The summed E-state index contributed by atoms with van der Waals surface area (Å²) < 4.78 is 10.6. The van der Waals surface area contributed by atoms with E-state index in [0.29, 0.717) is 11.5 Å². The third-order valence-electron chi connectivity index (χ3n) is 5.62. The fourth-order valence-electron chi connectivity index (χ4n) is 3.96. The molecule has 9 nitrogen and oxygen atoms in total. The number of methoxy groups -OCH3 is 1. The fraction of sp³-hybridized carbons (Fsp3) is 0.222. The van der Waals surface area contributed by atoms with Crippen LogP contribution in [0.1, 0.15) is 38.7 Å². The molecular formula is C27H27NO8. The lowest BCUT2D eigenvalue weighted by Gasteiger charge is -2.32. The zero-order valence-corrected chi connectivity index (χ0v) is 19.9. The third-order valence-corrected chi connectivity index (χ3v) is 5.62. The van der Waals surface area contributed by atoms with Crippen LogP contribution in [0.15, 0.2) is 66.7 Å². The molecule has 0 amide bonds. The lowest BCUT2D eigenvalue weighted by molar-refractivity contribution is -0.140. The van der Waals surface area contributed by atoms with Gasteiger partial charge in [0.25, 0.3) is 0 Å². The summed E-state index contributed by atoms with van der Waals surface area (Å²) in [6.45, 7) is 1.39. The van der Waals surface area contributed by atoms with E-state index in [-0.39, 0.29) is 18.7 Å². The van der Waals surface area contributed by atoms with Crippen molar-refractivity contribution in [1.82, 2.24) is 4.90 Å². The lowest BCUT2D eigenvalue weighted by Crippen LogP contribution is -2.34. The molecule has 0 heterocycles. The number of aliphatic carboxylic acids is 2. The van der Waals surface area contributed by atoms with E-state index in [4.69, 9.17) is 14.6 Å². The zero-order chi connectivity index (χ0) is 26.2. The van der Waals surface area contributed by atoms with Crippen molar-refractivity contribution in [3.05, 3.63) is 94.5 Å². The molecule has 3 aromatic rings. The Morgan fingerprint density at radius 1 is 0.861 bits per heavy atom. The minimum Gasteiger partial charge on any atom is -0.497 e. The van der Waals surface area contributed by atoms with E-state index in [9.17, 15) is 24.6 Å². The molecule has 3 aromatic carbocycles. The monoisotopic (exact) mass is 493 g/mol. The average molecular weight is 494 g/mol. The molecule has 36 heavy (non-hydrogen) atoms. The van der Waals surface area contributed by atoms with E-state index < -0.39 is 30.6 Å². The first-order valence-electron chi connectivity index (χ1n) is 11.0. The Morgan fingerprint density at radius 3 is 2.03 bits per heavy atom. The number of aryl methyl sites for hydroxylation is 1. The molecule has 0 fully saturated rings. The summed E-state index contributed by atoms with van der Waals surface area (Å²) in [5.41, 5.74) is 3.41. The quantitative estimate of drug-likeness (QED) is 0.344. The van der Waals surface area contributed by atoms with E-state index in [2.05, 4.69) is 0 Å². The van der Waals surface area contributed by atoms with E-state index in [1.165, 1.54) is 12.1 Å². The SMILES string of the molecule is COc1ccc(C(c2ccc(OCC(=O)O)cc2)N(CC(=O)O)Cc2ccc(C(=O)O)cc2)c(C)c1. The second kappa shape index (κ2) is 11.9.